The van der Waals surface area contributed by atoms with E-state index in [4.69, 9.17) is 9.47 Å². The van der Waals surface area contributed by atoms with Crippen LogP contribution in [0.1, 0.15) is 48.7 Å². The first kappa shape index (κ1) is 18.4. The number of carbonyl (C=O) groups is 1. The van der Waals surface area contributed by atoms with Crippen LogP contribution >= 0.6 is 0 Å². The van der Waals surface area contributed by atoms with E-state index in [9.17, 15) is 4.79 Å². The van der Waals surface area contributed by atoms with Gasteiger partial charge >= 0.3 is 5.97 Å². The maximum absolute atomic E-state index is 12.3. The number of pyridine rings is 1. The lowest BCUT2D eigenvalue weighted by Gasteiger charge is -2.32. The zero-order chi connectivity index (χ0) is 18.4. The zero-order valence-corrected chi connectivity index (χ0v) is 15.4. The van der Waals surface area contributed by atoms with Gasteiger partial charge in [-0.05, 0) is 44.4 Å². The van der Waals surface area contributed by atoms with Crippen LogP contribution < -0.4 is 5.32 Å². The second-order valence-corrected chi connectivity index (χ2v) is 6.84. The Kier molecular flexibility index (Phi) is 6.23. The van der Waals surface area contributed by atoms with E-state index in [2.05, 4.69) is 22.4 Å². The highest BCUT2D eigenvalue weighted by molar-refractivity contribution is 5.94. The molecule has 3 rings (SSSR count). The van der Waals surface area contributed by atoms with Crippen LogP contribution in [0.5, 0.6) is 0 Å². The Hall–Kier alpha value is -2.40. The van der Waals surface area contributed by atoms with Crippen LogP contribution in [0.4, 0.5) is 5.82 Å². The van der Waals surface area contributed by atoms with Gasteiger partial charge in [-0.2, -0.15) is 0 Å². The second-order valence-electron chi connectivity index (χ2n) is 6.84. The normalized spacial score (nSPS) is 20.0. The lowest BCUT2D eigenvalue weighted by Crippen LogP contribution is -2.29. The zero-order valence-electron chi connectivity index (χ0n) is 15.4. The third kappa shape index (κ3) is 4.61. The van der Waals surface area contributed by atoms with Crippen LogP contribution in [0.2, 0.25) is 0 Å². The lowest BCUT2D eigenvalue weighted by atomic mass is 9.89. The van der Waals surface area contributed by atoms with E-state index in [0.717, 1.165) is 19.4 Å². The predicted molar refractivity (Wildman–Crippen MR) is 101 cm³/mol. The first-order valence-corrected chi connectivity index (χ1v) is 9.21. The summed E-state index contributed by atoms with van der Waals surface area (Å²) in [6.45, 7) is 5.15. The van der Waals surface area contributed by atoms with Gasteiger partial charge in [-0.15, -0.1) is 0 Å². The number of nitrogens with zero attached hydrogens (tertiary/aromatic N) is 1. The number of aromatic nitrogens is 1. The minimum absolute atomic E-state index is 0.0622. The molecule has 1 aromatic heterocycles. The number of carbonyl (C=O) groups excluding carboxylic acids is 1. The number of nitrogens with one attached hydrogen (secondary N) is 1. The Morgan fingerprint density at radius 3 is 2.85 bits per heavy atom. The molecule has 0 radical (unpaired) electrons. The molecule has 0 bridgehead atoms. The molecule has 1 fully saturated rings. The molecule has 5 nitrogen and oxygen atoms in total. The van der Waals surface area contributed by atoms with Crippen molar-refractivity contribution in [2.24, 2.45) is 5.92 Å². The highest BCUT2D eigenvalue weighted by atomic mass is 16.5. The largest absolute Gasteiger partial charge is 0.459 e. The molecule has 5 heteroatoms. The molecule has 1 saturated heterocycles. The van der Waals surface area contributed by atoms with Crippen molar-refractivity contribution in [3.8, 4) is 0 Å². The Bertz CT molecular complexity index is 718. The van der Waals surface area contributed by atoms with Crippen molar-refractivity contribution in [2.45, 2.75) is 38.9 Å². The molecule has 0 aliphatic carbocycles. The van der Waals surface area contributed by atoms with Gasteiger partial charge in [0, 0.05) is 25.3 Å². The van der Waals surface area contributed by atoms with Gasteiger partial charge in [0.05, 0.1) is 12.2 Å². The van der Waals surface area contributed by atoms with Crippen molar-refractivity contribution in [1.82, 2.24) is 4.98 Å². The maximum Gasteiger partial charge on any atom is 0.342 e. The Morgan fingerprint density at radius 2 is 2.08 bits per heavy atom. The summed E-state index contributed by atoms with van der Waals surface area (Å²) in [5, 5.41) is 3.34. The van der Waals surface area contributed by atoms with Crippen molar-refractivity contribution in [3.05, 3.63) is 59.8 Å². The van der Waals surface area contributed by atoms with Gasteiger partial charge in [-0.25, -0.2) is 9.78 Å². The highest BCUT2D eigenvalue weighted by Gasteiger charge is 2.27. The van der Waals surface area contributed by atoms with Gasteiger partial charge in [0.15, 0.2) is 0 Å². The number of benzene rings is 1. The quantitative estimate of drug-likeness (QED) is 0.787. The Labute approximate surface area is 154 Å². The van der Waals surface area contributed by atoms with E-state index in [1.165, 1.54) is 5.56 Å². The minimum Gasteiger partial charge on any atom is -0.459 e. The molecule has 2 unspecified atom stereocenters. The van der Waals surface area contributed by atoms with E-state index in [0.29, 0.717) is 23.8 Å². The lowest BCUT2D eigenvalue weighted by molar-refractivity contribution is -0.0238. The van der Waals surface area contributed by atoms with Crippen molar-refractivity contribution in [3.63, 3.8) is 0 Å². The van der Waals surface area contributed by atoms with E-state index in [-0.39, 0.29) is 18.2 Å². The number of hydrogen-bond donors (Lipinski definition) is 1. The molecule has 2 aromatic rings. The van der Waals surface area contributed by atoms with E-state index < -0.39 is 0 Å². The summed E-state index contributed by atoms with van der Waals surface area (Å²) in [5.74, 6) is 0.535. The van der Waals surface area contributed by atoms with Crippen LogP contribution in [0.15, 0.2) is 48.7 Å². The molecule has 2 heterocycles. The first-order chi connectivity index (χ1) is 12.6. The second kappa shape index (κ2) is 8.81. The van der Waals surface area contributed by atoms with E-state index in [1.54, 1.807) is 18.3 Å². The third-order valence-corrected chi connectivity index (χ3v) is 4.47. The highest BCUT2D eigenvalue weighted by Crippen LogP contribution is 2.33. The molecule has 1 N–H and O–H groups in total. The Balaban J connectivity index is 1.70. The standard InChI is InChI=1S/C21H26N2O3/c1-15(2)26-21(24)18-11-6-12-22-20(18)23-14-17-10-7-13-25-19(17)16-8-4-3-5-9-16/h3-6,8-9,11-12,15,17,19H,7,10,13-14H2,1-2H3,(H,22,23). The molecule has 1 aliphatic heterocycles. The molecule has 2 atom stereocenters. The average molecular weight is 354 g/mol. The minimum atomic E-state index is -0.352. The van der Waals surface area contributed by atoms with E-state index >= 15 is 0 Å². The Morgan fingerprint density at radius 1 is 1.27 bits per heavy atom. The SMILES string of the molecule is CC(C)OC(=O)c1cccnc1NCC1CCCOC1c1ccccc1. The summed E-state index contributed by atoms with van der Waals surface area (Å²) in [7, 11) is 0. The summed E-state index contributed by atoms with van der Waals surface area (Å²) >= 11 is 0. The van der Waals surface area contributed by atoms with Crippen LogP contribution in [0.3, 0.4) is 0 Å². The van der Waals surface area contributed by atoms with Crippen LogP contribution in [0, 0.1) is 5.92 Å². The number of hydrogen-bond acceptors (Lipinski definition) is 5. The number of ether oxygens (including phenoxy) is 2. The summed E-state index contributed by atoms with van der Waals surface area (Å²) in [6.07, 6.45) is 3.70. The van der Waals surface area contributed by atoms with Gasteiger partial charge in [-0.3, -0.25) is 0 Å². The van der Waals surface area contributed by atoms with Crippen LogP contribution in [-0.2, 0) is 9.47 Å². The molecule has 1 aliphatic rings. The molecular formula is C21H26N2O3. The summed E-state index contributed by atoms with van der Waals surface area (Å²) < 4.78 is 11.4. The monoisotopic (exact) mass is 354 g/mol. The smallest absolute Gasteiger partial charge is 0.342 e. The topological polar surface area (TPSA) is 60.5 Å². The van der Waals surface area contributed by atoms with Gasteiger partial charge in [0.25, 0.3) is 0 Å². The van der Waals surface area contributed by atoms with E-state index in [1.807, 2.05) is 32.0 Å². The molecular weight excluding hydrogens is 328 g/mol. The van der Waals surface area contributed by atoms with Crippen molar-refractivity contribution in [2.75, 3.05) is 18.5 Å². The number of anilines is 1. The molecule has 138 valence electrons. The summed E-state index contributed by atoms with van der Waals surface area (Å²) in [6, 6.07) is 13.8. The average Bonchev–Trinajstić information content (AvgIpc) is 2.67. The summed E-state index contributed by atoms with van der Waals surface area (Å²) in [4.78, 5) is 16.6. The molecule has 26 heavy (non-hydrogen) atoms. The molecule has 1 aromatic carbocycles. The van der Waals surface area contributed by atoms with Crippen molar-refractivity contribution < 1.29 is 14.3 Å². The number of rotatable bonds is 6. The number of esters is 1. The van der Waals surface area contributed by atoms with Gasteiger partial charge in [0.1, 0.15) is 11.4 Å². The van der Waals surface area contributed by atoms with Gasteiger partial charge in [-0.1, -0.05) is 30.3 Å². The molecule has 0 amide bonds. The fourth-order valence-corrected chi connectivity index (χ4v) is 3.28. The van der Waals surface area contributed by atoms with Gasteiger partial charge in [0.2, 0.25) is 0 Å². The fraction of sp³-hybridized carbons (Fsp3) is 0.429. The predicted octanol–water partition coefficient (Wildman–Crippen LogP) is 4.23. The summed E-state index contributed by atoms with van der Waals surface area (Å²) in [5.41, 5.74) is 1.66. The third-order valence-electron chi connectivity index (χ3n) is 4.47. The molecule has 0 spiro atoms. The van der Waals surface area contributed by atoms with Crippen LogP contribution in [0.25, 0.3) is 0 Å². The van der Waals surface area contributed by atoms with Crippen molar-refractivity contribution >= 4 is 11.8 Å². The maximum atomic E-state index is 12.3. The fourth-order valence-electron chi connectivity index (χ4n) is 3.28. The van der Waals surface area contributed by atoms with Gasteiger partial charge < -0.3 is 14.8 Å². The van der Waals surface area contributed by atoms with Crippen molar-refractivity contribution in [1.29, 1.82) is 0 Å². The first-order valence-electron chi connectivity index (χ1n) is 9.21. The van der Waals surface area contributed by atoms with Crippen LogP contribution in [-0.4, -0.2) is 30.2 Å². The molecule has 0 saturated carbocycles.